The number of ether oxygens (including phenoxy) is 1. The van der Waals surface area contributed by atoms with Gasteiger partial charge in [0.05, 0.1) is 25.4 Å². The highest BCUT2D eigenvalue weighted by atomic mass is 16.5. The van der Waals surface area contributed by atoms with Crippen molar-refractivity contribution in [2.75, 3.05) is 19.8 Å². The molecule has 1 fully saturated rings. The first-order valence-corrected chi connectivity index (χ1v) is 8.62. The third-order valence-corrected chi connectivity index (χ3v) is 3.98. The van der Waals surface area contributed by atoms with Crippen molar-refractivity contribution in [3.63, 3.8) is 0 Å². The molecule has 2 heterocycles. The zero-order valence-corrected chi connectivity index (χ0v) is 15.1. The van der Waals surface area contributed by atoms with E-state index in [4.69, 9.17) is 19.5 Å². The molecule has 1 aliphatic rings. The molecule has 1 aromatic heterocycles. The molecule has 0 aliphatic carbocycles. The molecule has 1 aromatic rings. The van der Waals surface area contributed by atoms with Gasteiger partial charge in [0, 0.05) is 13.0 Å². The van der Waals surface area contributed by atoms with Gasteiger partial charge in [0.25, 0.3) is 0 Å². The van der Waals surface area contributed by atoms with Crippen molar-refractivity contribution in [3.8, 4) is 0 Å². The number of carboxylic acid groups (broad SMARTS) is 2. The van der Waals surface area contributed by atoms with Crippen molar-refractivity contribution in [1.82, 2.24) is 26.1 Å². The summed E-state index contributed by atoms with van der Waals surface area (Å²) in [5.74, 6) is -2.25. The van der Waals surface area contributed by atoms with E-state index >= 15 is 0 Å². The molecule has 156 valence electrons. The van der Waals surface area contributed by atoms with Crippen LogP contribution in [0.2, 0.25) is 0 Å². The molecule has 0 radical (unpaired) electrons. The summed E-state index contributed by atoms with van der Waals surface area (Å²) >= 11 is 0. The monoisotopic (exact) mass is 401 g/mol. The van der Waals surface area contributed by atoms with Crippen LogP contribution in [0, 0.1) is 0 Å². The van der Waals surface area contributed by atoms with Crippen LogP contribution < -0.4 is 16.0 Å². The van der Waals surface area contributed by atoms with Gasteiger partial charge in [-0.2, -0.15) is 4.98 Å². The van der Waals surface area contributed by atoms with Crippen molar-refractivity contribution >= 4 is 18.0 Å². The van der Waals surface area contributed by atoms with Gasteiger partial charge in [-0.25, -0.2) is 9.59 Å². The van der Waals surface area contributed by atoms with Gasteiger partial charge in [0.1, 0.15) is 6.04 Å². The second-order valence-corrected chi connectivity index (χ2v) is 6.23. The summed E-state index contributed by atoms with van der Waals surface area (Å²) < 4.78 is 10.5. The Morgan fingerprint density at radius 3 is 2.64 bits per heavy atom. The van der Waals surface area contributed by atoms with Crippen molar-refractivity contribution in [2.45, 2.75) is 44.0 Å². The lowest BCUT2D eigenvalue weighted by Crippen LogP contribution is -2.51. The number of aliphatic hydroxyl groups excluding tert-OH is 1. The van der Waals surface area contributed by atoms with Gasteiger partial charge < -0.3 is 40.5 Å². The minimum atomic E-state index is -1.54. The van der Waals surface area contributed by atoms with E-state index in [1.54, 1.807) is 0 Å². The topological polar surface area (TPSA) is 196 Å². The maximum Gasteiger partial charge on any atom is 0.328 e. The molecule has 6 N–H and O–H groups in total. The highest BCUT2D eigenvalue weighted by molar-refractivity contribution is 5.83. The van der Waals surface area contributed by atoms with E-state index in [2.05, 4.69) is 26.1 Å². The van der Waals surface area contributed by atoms with E-state index in [-0.39, 0.29) is 24.8 Å². The molecule has 2 rings (SSSR count). The van der Waals surface area contributed by atoms with Crippen LogP contribution in [0.5, 0.6) is 0 Å². The molecule has 0 spiro atoms. The normalized spacial score (nSPS) is 20.0. The number of hydrogen-bond acceptors (Lipinski definition) is 9. The molecule has 4 atom stereocenters. The Morgan fingerprint density at radius 2 is 2.07 bits per heavy atom. The fourth-order valence-corrected chi connectivity index (χ4v) is 2.52. The highest BCUT2D eigenvalue weighted by Crippen LogP contribution is 2.20. The molecule has 3 unspecified atom stereocenters. The summed E-state index contributed by atoms with van der Waals surface area (Å²) in [6.45, 7) is 2.71. The predicted octanol–water partition coefficient (Wildman–Crippen LogP) is -1.23. The molecule has 2 amide bonds. The fraction of sp³-hybridized carbons (Fsp3) is 0.667. The number of nitrogens with zero attached hydrogens (tertiary/aromatic N) is 2. The zero-order valence-electron chi connectivity index (χ0n) is 15.1. The molecule has 28 heavy (non-hydrogen) atoms. The molecule has 0 aromatic carbocycles. The number of hydrogen-bond donors (Lipinski definition) is 6. The number of aliphatic hydroxyl groups is 1. The fourth-order valence-electron chi connectivity index (χ4n) is 2.52. The Balaban J connectivity index is 2.08. The highest BCUT2D eigenvalue weighted by Gasteiger charge is 2.29. The standard InChI is InChI=1S/C15H23N5O8/c1-7(21)11(14(24)25)18-15(26)17-8(2-3-10(22)23)13-19-12(20-28-13)9-6-27-5-4-16-9/h7-9,11,16,21H,2-6H2,1H3,(H,22,23)(H,24,25)(H2,17,18,26)/t7?,8-,9?,11?/m0/s1. The second-order valence-electron chi connectivity index (χ2n) is 6.23. The molecule has 0 bridgehead atoms. The summed E-state index contributed by atoms with van der Waals surface area (Å²) in [6, 6.07) is -3.73. The number of nitrogens with one attached hydrogen (secondary N) is 3. The van der Waals surface area contributed by atoms with Crippen LogP contribution >= 0.6 is 0 Å². The minimum absolute atomic E-state index is 0.0253. The molecule has 0 saturated carbocycles. The molecular formula is C15H23N5O8. The average molecular weight is 401 g/mol. The van der Waals surface area contributed by atoms with E-state index in [1.807, 2.05) is 0 Å². The van der Waals surface area contributed by atoms with Crippen molar-refractivity contribution in [1.29, 1.82) is 0 Å². The molecule has 1 aliphatic heterocycles. The summed E-state index contributed by atoms with van der Waals surface area (Å²) in [7, 11) is 0. The SMILES string of the molecule is CC(O)C(NC(=O)N[C@@H](CCC(=O)O)c1nc(C2COCCN2)no1)C(=O)O. The summed E-state index contributed by atoms with van der Waals surface area (Å²) in [5.41, 5.74) is 0. The van der Waals surface area contributed by atoms with E-state index in [0.717, 1.165) is 0 Å². The first-order chi connectivity index (χ1) is 13.3. The number of amides is 2. The third-order valence-electron chi connectivity index (χ3n) is 3.98. The third kappa shape index (κ3) is 6.14. The lowest BCUT2D eigenvalue weighted by Gasteiger charge is -2.21. The molecule has 13 nitrogen and oxygen atoms in total. The first-order valence-electron chi connectivity index (χ1n) is 8.62. The first kappa shape index (κ1) is 21.5. The van der Waals surface area contributed by atoms with E-state index in [9.17, 15) is 19.5 Å². The zero-order chi connectivity index (χ0) is 20.7. The Bertz CT molecular complexity index is 688. The Hall–Kier alpha value is -2.77. The van der Waals surface area contributed by atoms with Gasteiger partial charge in [-0.3, -0.25) is 4.79 Å². The lowest BCUT2D eigenvalue weighted by molar-refractivity contribution is -0.141. The van der Waals surface area contributed by atoms with E-state index < -0.39 is 36.2 Å². The molecule has 13 heteroatoms. The van der Waals surface area contributed by atoms with Gasteiger partial charge in [-0.1, -0.05) is 5.16 Å². The quantitative estimate of drug-likeness (QED) is 0.290. The van der Waals surface area contributed by atoms with Crippen LogP contribution in [0.25, 0.3) is 0 Å². The van der Waals surface area contributed by atoms with Gasteiger partial charge in [-0.05, 0) is 13.3 Å². The number of rotatable bonds is 9. The van der Waals surface area contributed by atoms with Crippen LogP contribution in [-0.4, -0.2) is 75.3 Å². The van der Waals surface area contributed by atoms with Crippen molar-refractivity contribution in [3.05, 3.63) is 11.7 Å². The Labute approximate surface area is 159 Å². The number of morpholine rings is 1. The number of urea groups is 1. The van der Waals surface area contributed by atoms with Crippen LogP contribution in [0.1, 0.15) is 43.6 Å². The maximum atomic E-state index is 12.1. The van der Waals surface area contributed by atoms with Crippen LogP contribution in [-0.2, 0) is 14.3 Å². The van der Waals surface area contributed by atoms with Crippen LogP contribution in [0.4, 0.5) is 4.79 Å². The number of aromatic nitrogens is 2. The lowest BCUT2D eigenvalue weighted by atomic mass is 10.1. The van der Waals surface area contributed by atoms with Gasteiger partial charge >= 0.3 is 18.0 Å². The van der Waals surface area contributed by atoms with E-state index in [1.165, 1.54) is 6.92 Å². The van der Waals surface area contributed by atoms with Gasteiger partial charge in [0.2, 0.25) is 5.89 Å². The number of carboxylic acids is 2. The second kappa shape index (κ2) is 9.96. The largest absolute Gasteiger partial charge is 0.481 e. The average Bonchev–Trinajstić information content (AvgIpc) is 3.13. The smallest absolute Gasteiger partial charge is 0.328 e. The Kier molecular flexibility index (Phi) is 7.66. The summed E-state index contributed by atoms with van der Waals surface area (Å²) in [5, 5.41) is 38.9. The summed E-state index contributed by atoms with van der Waals surface area (Å²) in [6.07, 6.45) is -1.70. The van der Waals surface area contributed by atoms with Crippen molar-refractivity contribution < 1.29 is 39.0 Å². The molecular weight excluding hydrogens is 378 g/mol. The van der Waals surface area contributed by atoms with Gasteiger partial charge in [-0.15, -0.1) is 0 Å². The number of carbonyl (C=O) groups is 3. The summed E-state index contributed by atoms with van der Waals surface area (Å²) in [4.78, 5) is 38.3. The van der Waals surface area contributed by atoms with Crippen LogP contribution in [0.15, 0.2) is 4.52 Å². The minimum Gasteiger partial charge on any atom is -0.481 e. The van der Waals surface area contributed by atoms with Crippen molar-refractivity contribution in [2.24, 2.45) is 0 Å². The van der Waals surface area contributed by atoms with Crippen LogP contribution in [0.3, 0.4) is 0 Å². The number of aliphatic carboxylic acids is 2. The maximum absolute atomic E-state index is 12.1. The number of carbonyl (C=O) groups excluding carboxylic acids is 1. The predicted molar refractivity (Wildman–Crippen MR) is 90.2 cm³/mol. The van der Waals surface area contributed by atoms with Gasteiger partial charge in [0.15, 0.2) is 11.9 Å². The molecule has 1 saturated heterocycles. The Morgan fingerprint density at radius 1 is 1.32 bits per heavy atom. The van der Waals surface area contributed by atoms with E-state index in [0.29, 0.717) is 25.6 Å².